The summed E-state index contributed by atoms with van der Waals surface area (Å²) in [4.78, 5) is 0. The third-order valence-corrected chi connectivity index (χ3v) is 18.6. The lowest BCUT2D eigenvalue weighted by Gasteiger charge is -2.40. The highest BCUT2D eigenvalue weighted by molar-refractivity contribution is 7.22. The summed E-state index contributed by atoms with van der Waals surface area (Å²) >= 11 is 0. The van der Waals surface area contributed by atoms with Crippen LogP contribution in [0, 0.1) is 0 Å². The summed E-state index contributed by atoms with van der Waals surface area (Å²) in [5.41, 5.74) is 8.71. The Morgan fingerprint density at radius 1 is 0.317 bits per heavy atom. The second kappa shape index (κ2) is 12.9. The second-order valence-corrected chi connectivity index (χ2v) is 20.4. The molecule has 1 unspecified atom stereocenters. The quantitative estimate of drug-likeness (QED) is 0.166. The minimum atomic E-state index is -3.32. The van der Waals surface area contributed by atoms with Crippen LogP contribution in [-0.4, -0.2) is 17.2 Å². The Morgan fingerprint density at radius 2 is 0.810 bits per heavy atom. The van der Waals surface area contributed by atoms with Crippen LogP contribution in [0.25, 0.3) is 87.7 Å². The Bertz CT molecular complexity index is 3930. The van der Waals surface area contributed by atoms with E-state index in [9.17, 15) is 0 Å². The minimum absolute atomic E-state index is 0.875. The molecule has 0 fully saturated rings. The predicted molar refractivity (Wildman–Crippen MR) is 264 cm³/mol. The summed E-state index contributed by atoms with van der Waals surface area (Å²) in [6.07, 6.45) is 0. The van der Waals surface area contributed by atoms with Crippen LogP contribution in [0.3, 0.4) is 0 Å². The van der Waals surface area contributed by atoms with Crippen LogP contribution >= 0.6 is 0 Å². The number of nitrogens with zero attached hydrogens (tertiary/aromatic N) is 2. The molecule has 0 N–H and O–H groups in total. The lowest BCUT2D eigenvalue weighted by molar-refractivity contribution is 0.487. The lowest BCUT2D eigenvalue weighted by Crippen LogP contribution is -2.76. The van der Waals surface area contributed by atoms with E-state index >= 15 is 0 Å². The number of fused-ring (bicyclic) bond motifs is 12. The van der Waals surface area contributed by atoms with Gasteiger partial charge < -0.3 is 18.3 Å². The van der Waals surface area contributed by atoms with Crippen molar-refractivity contribution in [3.63, 3.8) is 0 Å². The first-order chi connectivity index (χ1) is 31.3. The van der Waals surface area contributed by atoms with Crippen molar-refractivity contribution in [1.29, 1.82) is 0 Å². The molecule has 3 aromatic heterocycles. The van der Waals surface area contributed by atoms with E-state index in [2.05, 4.69) is 228 Å². The van der Waals surface area contributed by atoms with Crippen molar-refractivity contribution in [2.24, 2.45) is 0 Å². The number of furan rings is 1. The molecule has 294 valence electrons. The van der Waals surface area contributed by atoms with Gasteiger partial charge in [-0.1, -0.05) is 158 Å². The summed E-state index contributed by atoms with van der Waals surface area (Å²) in [7, 11) is -3.32. The fraction of sp³-hybridized carbons (Fsp3) is 0. The maximum Gasteiger partial charge on any atom is 0.189 e. The monoisotopic (exact) mass is 820 g/mol. The molecular weight excluding hydrogens is 785 g/mol. The molecule has 13 aromatic rings. The van der Waals surface area contributed by atoms with Crippen LogP contribution < -0.4 is 25.5 Å². The van der Waals surface area contributed by atoms with Crippen LogP contribution in [-0.2, 0) is 0 Å². The molecule has 0 spiro atoms. The summed E-state index contributed by atoms with van der Waals surface area (Å²) in [5.74, 6) is 1.76. The molecule has 0 saturated heterocycles. The van der Waals surface area contributed by atoms with E-state index in [1.54, 1.807) is 0 Å². The first-order valence-corrected chi connectivity index (χ1v) is 23.6. The molecule has 1 aliphatic heterocycles. The third-order valence-electron chi connectivity index (χ3n) is 13.7. The van der Waals surface area contributed by atoms with Gasteiger partial charge in [0, 0.05) is 49.5 Å². The van der Waals surface area contributed by atoms with Crippen molar-refractivity contribution in [3.8, 4) is 22.9 Å². The number of hydrogen-bond donors (Lipinski definition) is 0. The highest BCUT2D eigenvalue weighted by atomic mass is 28.3. The van der Waals surface area contributed by atoms with Gasteiger partial charge in [0.05, 0.1) is 27.8 Å². The van der Waals surface area contributed by atoms with Gasteiger partial charge in [-0.2, -0.15) is 0 Å². The summed E-state index contributed by atoms with van der Waals surface area (Å²) < 4.78 is 18.8. The van der Waals surface area contributed by atoms with Crippen LogP contribution in [0.4, 0.5) is 0 Å². The van der Waals surface area contributed by atoms with Crippen LogP contribution in [0.1, 0.15) is 0 Å². The Kier molecular flexibility index (Phi) is 7.10. The minimum Gasteiger partial charge on any atom is -0.457 e. The fourth-order valence-electron chi connectivity index (χ4n) is 11.2. The van der Waals surface area contributed by atoms with Crippen molar-refractivity contribution < 1.29 is 9.15 Å². The third kappa shape index (κ3) is 4.63. The molecule has 0 bridgehead atoms. The molecule has 14 rings (SSSR count). The van der Waals surface area contributed by atoms with Crippen molar-refractivity contribution in [1.82, 2.24) is 9.13 Å². The molecule has 0 aliphatic carbocycles. The van der Waals surface area contributed by atoms with Crippen LogP contribution in [0.2, 0.25) is 0 Å². The van der Waals surface area contributed by atoms with Gasteiger partial charge in [-0.15, -0.1) is 0 Å². The van der Waals surface area contributed by atoms with E-state index < -0.39 is 8.07 Å². The van der Waals surface area contributed by atoms with E-state index in [0.29, 0.717) is 0 Å². The molecule has 5 heteroatoms. The number of aromatic nitrogens is 2. The topological polar surface area (TPSA) is 32.2 Å². The first-order valence-electron chi connectivity index (χ1n) is 21.6. The Morgan fingerprint density at radius 3 is 1.49 bits per heavy atom. The van der Waals surface area contributed by atoms with Crippen molar-refractivity contribution in [3.05, 3.63) is 218 Å². The number of benzene rings is 10. The molecule has 0 saturated carbocycles. The van der Waals surface area contributed by atoms with Gasteiger partial charge in [-0.25, -0.2) is 0 Å². The van der Waals surface area contributed by atoms with Crippen molar-refractivity contribution in [2.45, 2.75) is 0 Å². The van der Waals surface area contributed by atoms with Crippen molar-refractivity contribution in [2.75, 3.05) is 0 Å². The average molecular weight is 821 g/mol. The number of hydrogen-bond acceptors (Lipinski definition) is 2. The van der Waals surface area contributed by atoms with Gasteiger partial charge in [-0.3, -0.25) is 0 Å². The van der Waals surface area contributed by atoms with E-state index in [1.165, 1.54) is 75.1 Å². The molecule has 4 heterocycles. The summed E-state index contributed by atoms with van der Waals surface area (Å²) in [5, 5.41) is 14.7. The second-order valence-electron chi connectivity index (χ2n) is 16.7. The average Bonchev–Trinajstić information content (AvgIpc) is 4.01. The zero-order valence-corrected chi connectivity index (χ0v) is 35.0. The molecule has 1 atom stereocenters. The van der Waals surface area contributed by atoms with Gasteiger partial charge in [0.2, 0.25) is 0 Å². The highest BCUT2D eigenvalue weighted by Crippen LogP contribution is 2.40. The zero-order valence-electron chi connectivity index (χ0n) is 34.0. The van der Waals surface area contributed by atoms with Gasteiger partial charge in [0.25, 0.3) is 0 Å². The number of rotatable bonds is 4. The van der Waals surface area contributed by atoms with Gasteiger partial charge >= 0.3 is 0 Å². The summed E-state index contributed by atoms with van der Waals surface area (Å²) in [6, 6.07) is 79.8. The van der Waals surface area contributed by atoms with Gasteiger partial charge in [0.1, 0.15) is 22.7 Å². The normalized spacial score (nSPS) is 14.9. The molecular formula is C58H36N2O2Si. The lowest BCUT2D eigenvalue weighted by atomic mass is 10.1. The smallest absolute Gasteiger partial charge is 0.189 e. The van der Waals surface area contributed by atoms with Crippen molar-refractivity contribution >= 4 is 105 Å². The molecule has 10 aromatic carbocycles. The van der Waals surface area contributed by atoms with E-state index in [4.69, 9.17) is 9.15 Å². The molecule has 0 amide bonds. The SMILES string of the molecule is c1ccc2c(c1)Oc1cc(-n3c4ccccc4c4ccccc43)ccc1[Si]2(c1ccc(-n2c3ccccc3c3ccccc32)c2ccccc12)c1cccc2oc3ccccc3c12. The van der Waals surface area contributed by atoms with Gasteiger partial charge in [-0.05, 0) is 80.7 Å². The van der Waals surface area contributed by atoms with Crippen LogP contribution in [0.5, 0.6) is 11.5 Å². The van der Waals surface area contributed by atoms with Crippen LogP contribution in [0.15, 0.2) is 223 Å². The maximum absolute atomic E-state index is 7.20. The number of ether oxygens (including phenoxy) is 1. The zero-order chi connectivity index (χ0) is 41.2. The Balaban J connectivity index is 1.13. The molecule has 1 aliphatic rings. The van der Waals surface area contributed by atoms with E-state index in [1.807, 2.05) is 0 Å². The summed E-state index contributed by atoms with van der Waals surface area (Å²) in [6.45, 7) is 0. The number of para-hydroxylation sites is 6. The standard InChI is InChI=1S/C58H36N2O2Si/c1-2-21-43-42(20-1)49(60-47-25-10-5-18-40(47)41-19-6-11-26-48(41)60)33-35-54(43)63(57-31-15-29-52-58(57)44-22-7-12-27-50(44)61-52)55-30-14-13-28-51(55)62-53-36-37(32-34-56(53)63)59-45-23-8-3-16-38(45)39-17-4-9-24-46(39)59/h1-36H. The molecule has 4 nitrogen and oxygen atoms in total. The predicted octanol–water partition coefficient (Wildman–Crippen LogP) is 12.4. The van der Waals surface area contributed by atoms with E-state index in [-0.39, 0.29) is 0 Å². The van der Waals surface area contributed by atoms with Gasteiger partial charge in [0.15, 0.2) is 8.07 Å². The maximum atomic E-state index is 7.20. The Hall–Kier alpha value is -8.12. The molecule has 0 radical (unpaired) electrons. The van der Waals surface area contributed by atoms with E-state index in [0.717, 1.165) is 44.8 Å². The highest BCUT2D eigenvalue weighted by Gasteiger charge is 2.50. The Labute approximate surface area is 363 Å². The first kappa shape index (κ1) is 34.6. The molecule has 63 heavy (non-hydrogen) atoms. The fourth-order valence-corrected chi connectivity index (χ4v) is 16.5. The largest absolute Gasteiger partial charge is 0.457 e.